The summed E-state index contributed by atoms with van der Waals surface area (Å²) in [6, 6.07) is 18.2. The summed E-state index contributed by atoms with van der Waals surface area (Å²) in [4.78, 5) is 25.0. The number of hydrogen-bond acceptors (Lipinski definition) is 4. The van der Waals surface area contributed by atoms with E-state index >= 15 is 0 Å². The first-order valence-corrected chi connectivity index (χ1v) is 10.5. The highest BCUT2D eigenvalue weighted by molar-refractivity contribution is 6.10. The molecule has 0 amide bonds. The molecule has 3 aromatic carbocycles. The number of aryl methyl sites for hydroxylation is 1. The fourth-order valence-corrected chi connectivity index (χ4v) is 5.06. The highest BCUT2D eigenvalue weighted by atomic mass is 16.5. The van der Waals surface area contributed by atoms with Crippen LogP contribution in [-0.4, -0.2) is 23.7 Å². The van der Waals surface area contributed by atoms with E-state index < -0.39 is 11.9 Å². The second-order valence-corrected chi connectivity index (χ2v) is 7.91. The van der Waals surface area contributed by atoms with Gasteiger partial charge >= 0.3 is 11.9 Å². The molecule has 31 heavy (non-hydrogen) atoms. The van der Waals surface area contributed by atoms with Gasteiger partial charge in [0.05, 0.1) is 18.8 Å². The predicted octanol–water partition coefficient (Wildman–Crippen LogP) is 5.66. The van der Waals surface area contributed by atoms with Gasteiger partial charge in [-0.15, -0.1) is 0 Å². The Morgan fingerprint density at radius 3 is 2.65 bits per heavy atom. The van der Waals surface area contributed by atoms with Crippen LogP contribution in [0.4, 0.5) is 0 Å². The quantitative estimate of drug-likeness (QED) is 0.344. The molecule has 1 aliphatic carbocycles. The predicted molar refractivity (Wildman–Crippen MR) is 118 cm³/mol. The molecule has 4 aromatic rings. The molecule has 1 aliphatic rings. The van der Waals surface area contributed by atoms with Gasteiger partial charge in [0.25, 0.3) is 0 Å². The first-order chi connectivity index (χ1) is 15.1. The number of aromatic carboxylic acids is 1. The summed E-state index contributed by atoms with van der Waals surface area (Å²) in [6.07, 6.45) is 2.78. The fraction of sp³-hybridized carbons (Fsp3) is 0.231. The summed E-state index contributed by atoms with van der Waals surface area (Å²) in [7, 11) is 0. The van der Waals surface area contributed by atoms with E-state index in [1.807, 2.05) is 12.1 Å². The second kappa shape index (κ2) is 7.58. The topological polar surface area (TPSA) is 76.7 Å². The normalized spacial score (nSPS) is 18.1. The lowest BCUT2D eigenvalue weighted by Gasteiger charge is -2.33. The number of fused-ring (bicyclic) bond motifs is 5. The highest BCUT2D eigenvalue weighted by Gasteiger charge is 2.40. The number of hydrogen-bond donors (Lipinski definition) is 1. The van der Waals surface area contributed by atoms with E-state index in [-0.39, 0.29) is 24.3 Å². The van der Waals surface area contributed by atoms with E-state index in [1.165, 1.54) is 6.26 Å². The van der Waals surface area contributed by atoms with Crippen LogP contribution in [0.2, 0.25) is 0 Å². The van der Waals surface area contributed by atoms with Gasteiger partial charge < -0.3 is 14.3 Å². The molecule has 0 radical (unpaired) electrons. The van der Waals surface area contributed by atoms with Crippen molar-refractivity contribution in [2.75, 3.05) is 6.61 Å². The zero-order chi connectivity index (χ0) is 21.5. The van der Waals surface area contributed by atoms with E-state index in [0.29, 0.717) is 12.0 Å². The van der Waals surface area contributed by atoms with Crippen molar-refractivity contribution in [3.63, 3.8) is 0 Å². The van der Waals surface area contributed by atoms with Gasteiger partial charge in [-0.2, -0.15) is 0 Å². The molecule has 1 heterocycles. The van der Waals surface area contributed by atoms with Crippen molar-refractivity contribution >= 4 is 33.5 Å². The third kappa shape index (κ3) is 3.08. The number of carbonyl (C=O) groups excluding carboxylic acids is 1. The maximum atomic E-state index is 13.3. The minimum Gasteiger partial charge on any atom is -0.475 e. The van der Waals surface area contributed by atoms with Gasteiger partial charge in [0.1, 0.15) is 0 Å². The van der Waals surface area contributed by atoms with Crippen molar-refractivity contribution in [1.82, 2.24) is 0 Å². The zero-order valence-electron chi connectivity index (χ0n) is 17.1. The first kappa shape index (κ1) is 19.4. The van der Waals surface area contributed by atoms with Gasteiger partial charge in [-0.25, -0.2) is 4.79 Å². The average molecular weight is 414 g/mol. The van der Waals surface area contributed by atoms with Crippen LogP contribution in [-0.2, 0) is 16.0 Å². The molecule has 0 aliphatic heterocycles. The fourth-order valence-electron chi connectivity index (χ4n) is 5.06. The summed E-state index contributed by atoms with van der Waals surface area (Å²) in [5.41, 5.74) is 2.60. The number of carboxylic acid groups (broad SMARTS) is 1. The Hall–Kier alpha value is -3.60. The number of benzene rings is 3. The van der Waals surface area contributed by atoms with Gasteiger partial charge in [0, 0.05) is 11.5 Å². The molecular formula is C26H22O5. The summed E-state index contributed by atoms with van der Waals surface area (Å²) >= 11 is 0. The number of rotatable bonds is 4. The van der Waals surface area contributed by atoms with Gasteiger partial charge in [-0.3, -0.25) is 4.79 Å². The Kier molecular flexibility index (Phi) is 4.74. The Morgan fingerprint density at radius 2 is 1.84 bits per heavy atom. The van der Waals surface area contributed by atoms with Gasteiger partial charge in [-0.1, -0.05) is 48.5 Å². The lowest BCUT2D eigenvalue weighted by atomic mass is 9.70. The largest absolute Gasteiger partial charge is 0.475 e. The van der Waals surface area contributed by atoms with Crippen LogP contribution in [0, 0.1) is 0 Å². The molecule has 5 rings (SSSR count). The molecule has 1 aromatic heterocycles. The van der Waals surface area contributed by atoms with Crippen LogP contribution in [0.1, 0.15) is 52.4 Å². The summed E-state index contributed by atoms with van der Waals surface area (Å²) in [5.74, 6) is -2.48. The SMILES string of the molecule is CCOC(=O)C1c2c(ccc3c2ccc2ccccc23)CCC1c1ccoc1C(=O)O. The van der Waals surface area contributed by atoms with Gasteiger partial charge in [0.2, 0.25) is 5.76 Å². The molecule has 0 bridgehead atoms. The van der Waals surface area contributed by atoms with Crippen molar-refractivity contribution in [2.45, 2.75) is 31.6 Å². The lowest BCUT2D eigenvalue weighted by molar-refractivity contribution is -0.145. The van der Waals surface area contributed by atoms with Crippen LogP contribution in [0.25, 0.3) is 21.5 Å². The summed E-state index contributed by atoms with van der Waals surface area (Å²) in [6.45, 7) is 2.05. The molecule has 5 heteroatoms. The highest BCUT2D eigenvalue weighted by Crippen LogP contribution is 2.47. The third-order valence-corrected chi connectivity index (χ3v) is 6.33. The average Bonchev–Trinajstić information content (AvgIpc) is 3.28. The molecule has 1 N–H and O–H groups in total. The smallest absolute Gasteiger partial charge is 0.372 e. The molecule has 0 saturated heterocycles. The van der Waals surface area contributed by atoms with Gasteiger partial charge in [-0.05, 0) is 58.5 Å². The number of furan rings is 1. The van der Waals surface area contributed by atoms with Crippen molar-refractivity contribution in [3.8, 4) is 0 Å². The standard InChI is InChI=1S/C26H22O5/c1-2-30-26(29)23-20(21-13-14-31-24(21)25(27)28)12-9-16-8-10-18-17-6-4-3-5-15(17)7-11-19(18)22(16)23/h3-8,10-11,13-14,20,23H,2,9,12H2,1H3,(H,27,28). The summed E-state index contributed by atoms with van der Waals surface area (Å²) < 4.78 is 10.7. The van der Waals surface area contributed by atoms with Crippen LogP contribution in [0.15, 0.2) is 65.3 Å². The van der Waals surface area contributed by atoms with Crippen LogP contribution < -0.4 is 0 Å². The molecule has 0 saturated carbocycles. The molecule has 156 valence electrons. The van der Waals surface area contributed by atoms with Crippen molar-refractivity contribution in [2.24, 2.45) is 0 Å². The number of carbonyl (C=O) groups is 2. The second-order valence-electron chi connectivity index (χ2n) is 7.91. The van der Waals surface area contributed by atoms with Crippen LogP contribution in [0.3, 0.4) is 0 Å². The lowest BCUT2D eigenvalue weighted by Crippen LogP contribution is -2.28. The summed E-state index contributed by atoms with van der Waals surface area (Å²) in [5, 5.41) is 13.9. The van der Waals surface area contributed by atoms with E-state index in [2.05, 4.69) is 36.4 Å². The van der Waals surface area contributed by atoms with Crippen LogP contribution >= 0.6 is 0 Å². The molecule has 0 fully saturated rings. The van der Waals surface area contributed by atoms with E-state index in [9.17, 15) is 14.7 Å². The maximum Gasteiger partial charge on any atom is 0.372 e. The first-order valence-electron chi connectivity index (χ1n) is 10.5. The van der Waals surface area contributed by atoms with E-state index in [4.69, 9.17) is 9.15 Å². The number of esters is 1. The maximum absolute atomic E-state index is 13.3. The monoisotopic (exact) mass is 414 g/mol. The third-order valence-electron chi connectivity index (χ3n) is 6.33. The van der Waals surface area contributed by atoms with Crippen molar-refractivity contribution < 1.29 is 23.8 Å². The Morgan fingerprint density at radius 1 is 1.03 bits per heavy atom. The Labute approximate surface area is 179 Å². The van der Waals surface area contributed by atoms with E-state index in [1.54, 1.807) is 13.0 Å². The molecule has 2 atom stereocenters. The Bertz CT molecular complexity index is 1320. The number of ether oxygens (including phenoxy) is 1. The van der Waals surface area contributed by atoms with Crippen molar-refractivity contribution in [3.05, 3.63) is 83.3 Å². The van der Waals surface area contributed by atoms with E-state index in [0.717, 1.165) is 39.1 Å². The minimum absolute atomic E-state index is 0.103. The Balaban J connectivity index is 1.77. The molecule has 0 spiro atoms. The van der Waals surface area contributed by atoms with Gasteiger partial charge in [0.15, 0.2) is 0 Å². The molecular weight excluding hydrogens is 392 g/mol. The zero-order valence-corrected chi connectivity index (χ0v) is 17.1. The molecule has 2 unspecified atom stereocenters. The molecule has 5 nitrogen and oxygen atoms in total. The van der Waals surface area contributed by atoms with Crippen LogP contribution in [0.5, 0.6) is 0 Å². The number of carboxylic acids is 1. The minimum atomic E-state index is -1.13. The van der Waals surface area contributed by atoms with Crippen molar-refractivity contribution in [1.29, 1.82) is 0 Å².